The summed E-state index contributed by atoms with van der Waals surface area (Å²) < 4.78 is 28.2. The number of carbonyl (C=O) groups excluding carboxylic acids is 6. The van der Waals surface area contributed by atoms with E-state index in [4.69, 9.17) is 29.4 Å². The summed E-state index contributed by atoms with van der Waals surface area (Å²) in [5.74, 6) is -4.18. The molecule has 0 aromatic heterocycles. The molecule has 0 saturated heterocycles. The van der Waals surface area contributed by atoms with Crippen LogP contribution in [0.5, 0.6) is 0 Å². The van der Waals surface area contributed by atoms with Crippen molar-refractivity contribution in [1.82, 2.24) is 10.6 Å². The zero-order valence-electron chi connectivity index (χ0n) is 31.1. The van der Waals surface area contributed by atoms with Crippen molar-refractivity contribution in [3.8, 4) is 0 Å². The number of Topliss-reactive ketones (excluding diaryl/α,β-unsaturated/α-hetero) is 1. The van der Waals surface area contributed by atoms with Gasteiger partial charge in [-0.15, -0.1) is 0 Å². The number of carbonyl (C=O) groups is 6. The molecule has 0 fully saturated rings. The lowest BCUT2D eigenvalue weighted by Gasteiger charge is -2.32. The van der Waals surface area contributed by atoms with Gasteiger partial charge in [-0.3, -0.25) is 19.2 Å². The van der Waals surface area contributed by atoms with E-state index in [1.54, 1.807) is 63.3 Å². The third-order valence-corrected chi connectivity index (χ3v) is 8.72. The van der Waals surface area contributed by atoms with Gasteiger partial charge in [-0.05, 0) is 57.2 Å². The third-order valence-electron chi connectivity index (χ3n) is 8.72. The first-order valence-electron chi connectivity index (χ1n) is 17.2. The normalized spacial score (nSPS) is 27.3. The van der Waals surface area contributed by atoms with Gasteiger partial charge in [0, 0.05) is 49.5 Å². The van der Waals surface area contributed by atoms with Gasteiger partial charge in [-0.25, -0.2) is 9.59 Å². The summed E-state index contributed by atoms with van der Waals surface area (Å²) in [6.45, 7) is 8.55. The highest BCUT2D eigenvalue weighted by Crippen LogP contribution is 2.30. The van der Waals surface area contributed by atoms with Crippen molar-refractivity contribution in [1.29, 1.82) is 0 Å². The molecular formula is C39H49N3O11. The number of primary amides is 1. The van der Waals surface area contributed by atoms with Crippen molar-refractivity contribution in [2.45, 2.75) is 71.9 Å². The first kappa shape index (κ1) is 42.2. The number of rotatable bonds is 9. The number of nitrogens with two attached hydrogens (primary N) is 1. The van der Waals surface area contributed by atoms with Crippen molar-refractivity contribution in [2.75, 3.05) is 27.4 Å². The number of ether oxygens (including phenoxy) is 5. The monoisotopic (exact) mass is 735 g/mol. The van der Waals surface area contributed by atoms with Gasteiger partial charge in [-0.1, -0.05) is 56.4 Å². The van der Waals surface area contributed by atoms with Gasteiger partial charge in [0.15, 0.2) is 6.10 Å². The van der Waals surface area contributed by atoms with Crippen LogP contribution in [0.3, 0.4) is 0 Å². The molecule has 2 bridgehead atoms. The highest BCUT2D eigenvalue weighted by atomic mass is 16.6. The van der Waals surface area contributed by atoms with Crippen LogP contribution >= 0.6 is 0 Å². The van der Waals surface area contributed by atoms with Crippen molar-refractivity contribution >= 4 is 35.4 Å². The van der Waals surface area contributed by atoms with Crippen molar-refractivity contribution in [3.63, 3.8) is 0 Å². The van der Waals surface area contributed by atoms with Crippen LogP contribution in [0, 0.1) is 11.8 Å². The fourth-order valence-corrected chi connectivity index (χ4v) is 6.04. The number of benzene rings is 1. The standard InChI is InChI=1S/C39H49N3O11/c1-8-51-21-32(44)52-36-25(5)19-24(4)35(53-39(40)48)30(49-6)16-12-13-23(3)37(46)41-28-20-29(43)33(42-38(47)26-14-10-9-11-15-26)27(34(28)45)17-22(2)18-31(36)50-7/h9-16,19-20,22,25,30-31,35-36H,8,17-18,21H2,1-7H3,(H2,40,48)(H,41,46)(H,42,47)/b16-12-,23-13+,24-19+/t22-,25+,30+,31+,35+,36-/m1/s1. The fraction of sp³-hybridized carbons (Fsp3) is 0.436. The Kier molecular flexibility index (Phi) is 16.1. The molecule has 1 aliphatic carbocycles. The molecule has 14 heteroatoms. The van der Waals surface area contributed by atoms with Crippen molar-refractivity contribution in [3.05, 3.63) is 94.4 Å². The highest BCUT2D eigenvalue weighted by molar-refractivity contribution is 6.24. The summed E-state index contributed by atoms with van der Waals surface area (Å²) in [5, 5.41) is 5.15. The Morgan fingerprint density at radius 2 is 1.70 bits per heavy atom. The molecule has 286 valence electrons. The molecule has 0 spiro atoms. The summed E-state index contributed by atoms with van der Waals surface area (Å²) in [5.41, 5.74) is 5.91. The molecule has 6 atom stereocenters. The Morgan fingerprint density at radius 3 is 2.32 bits per heavy atom. The maximum atomic E-state index is 14.0. The molecule has 1 aromatic carbocycles. The van der Waals surface area contributed by atoms with Crippen LogP contribution in [0.4, 0.5) is 4.79 Å². The van der Waals surface area contributed by atoms with E-state index < -0.39 is 71.7 Å². The molecule has 3 amide bonds. The Balaban J connectivity index is 2.17. The minimum atomic E-state index is -1.05. The smallest absolute Gasteiger partial charge is 0.405 e. The number of nitrogens with one attached hydrogen (secondary N) is 2. The number of ketones is 2. The predicted molar refractivity (Wildman–Crippen MR) is 194 cm³/mol. The van der Waals surface area contributed by atoms with Crippen LogP contribution < -0.4 is 16.4 Å². The number of amides is 3. The van der Waals surface area contributed by atoms with Crippen LogP contribution in [-0.2, 0) is 42.9 Å². The van der Waals surface area contributed by atoms with E-state index in [0.717, 1.165) is 6.08 Å². The number of fused-ring (bicyclic) bond motifs is 2. The second-order valence-electron chi connectivity index (χ2n) is 12.9. The van der Waals surface area contributed by atoms with Crippen LogP contribution in [0.2, 0.25) is 0 Å². The molecule has 1 heterocycles. The summed E-state index contributed by atoms with van der Waals surface area (Å²) >= 11 is 0. The van der Waals surface area contributed by atoms with Gasteiger partial charge >= 0.3 is 12.1 Å². The average Bonchev–Trinajstić information content (AvgIpc) is 3.12. The molecule has 4 N–H and O–H groups in total. The molecule has 14 nitrogen and oxygen atoms in total. The largest absolute Gasteiger partial charge is 0.457 e. The van der Waals surface area contributed by atoms with Crippen LogP contribution in [0.25, 0.3) is 0 Å². The molecule has 0 radical (unpaired) electrons. The van der Waals surface area contributed by atoms with Crippen LogP contribution in [-0.4, -0.2) is 87.3 Å². The lowest BCUT2D eigenvalue weighted by Crippen LogP contribution is -2.41. The zero-order chi connectivity index (χ0) is 39.2. The van der Waals surface area contributed by atoms with E-state index in [2.05, 4.69) is 10.6 Å². The van der Waals surface area contributed by atoms with Gasteiger partial charge < -0.3 is 40.1 Å². The van der Waals surface area contributed by atoms with Crippen LogP contribution in [0.1, 0.15) is 57.8 Å². The molecule has 3 rings (SSSR count). The molecule has 0 saturated carbocycles. The molecule has 53 heavy (non-hydrogen) atoms. The zero-order valence-corrected chi connectivity index (χ0v) is 31.1. The first-order valence-corrected chi connectivity index (χ1v) is 17.2. The van der Waals surface area contributed by atoms with Gasteiger partial charge in [0.05, 0.1) is 17.5 Å². The third kappa shape index (κ3) is 11.9. The lowest BCUT2D eigenvalue weighted by molar-refractivity contribution is -0.165. The Labute approximate surface area is 309 Å². The van der Waals surface area contributed by atoms with E-state index in [-0.39, 0.29) is 54.2 Å². The van der Waals surface area contributed by atoms with E-state index in [9.17, 15) is 28.8 Å². The Morgan fingerprint density at radius 1 is 1.00 bits per heavy atom. The van der Waals surface area contributed by atoms with Crippen molar-refractivity contribution < 1.29 is 52.5 Å². The summed E-state index contributed by atoms with van der Waals surface area (Å²) in [6.07, 6.45) is 2.85. The summed E-state index contributed by atoms with van der Waals surface area (Å²) in [7, 11) is 2.86. The maximum absolute atomic E-state index is 14.0. The fourth-order valence-electron chi connectivity index (χ4n) is 6.04. The maximum Gasteiger partial charge on any atom is 0.405 e. The van der Waals surface area contributed by atoms with Crippen molar-refractivity contribution in [2.24, 2.45) is 17.6 Å². The van der Waals surface area contributed by atoms with E-state index in [0.29, 0.717) is 5.57 Å². The van der Waals surface area contributed by atoms with Gasteiger partial charge in [0.1, 0.15) is 18.8 Å². The molecule has 1 aromatic rings. The summed E-state index contributed by atoms with van der Waals surface area (Å²) in [4.78, 5) is 79.0. The SMILES string of the molecule is CCOCC(=O)O[C@H]1[C@@H](OC)C[C@H](C)CC2=C(NC(=O)c3ccccc3)C(=O)C=C(NC(=O)/C(C)=C/C=C\[C@H](OC)[C@@H](OC(N)=O)/C(C)=C/[C@@H]1C)C2=O. The predicted octanol–water partition coefficient (Wildman–Crippen LogP) is 3.78. The van der Waals surface area contributed by atoms with Crippen LogP contribution in [0.15, 0.2) is 88.8 Å². The van der Waals surface area contributed by atoms with E-state index >= 15 is 0 Å². The molecule has 0 unspecified atom stereocenters. The quantitative estimate of drug-likeness (QED) is 0.190. The molecular weight excluding hydrogens is 686 g/mol. The number of hydrogen-bond acceptors (Lipinski definition) is 11. The average molecular weight is 736 g/mol. The number of allylic oxidation sites excluding steroid dienone is 4. The number of methoxy groups -OCH3 is 2. The van der Waals surface area contributed by atoms with E-state index in [1.165, 1.54) is 33.3 Å². The Hall–Kier alpha value is -5.18. The van der Waals surface area contributed by atoms with Gasteiger partial charge in [0.2, 0.25) is 11.6 Å². The number of hydrogen-bond donors (Lipinski definition) is 3. The van der Waals surface area contributed by atoms with E-state index in [1.807, 2.05) is 6.92 Å². The highest BCUT2D eigenvalue weighted by Gasteiger charge is 2.36. The molecule has 2 aliphatic rings. The summed E-state index contributed by atoms with van der Waals surface area (Å²) in [6, 6.07) is 8.21. The Bertz CT molecular complexity index is 1690. The second kappa shape index (κ2) is 20.2. The minimum absolute atomic E-state index is 0.0121. The molecule has 1 aliphatic heterocycles. The topological polar surface area (TPSA) is 199 Å². The number of esters is 1. The minimum Gasteiger partial charge on any atom is -0.457 e. The van der Waals surface area contributed by atoms with Gasteiger partial charge in [0.25, 0.3) is 11.8 Å². The first-order chi connectivity index (χ1) is 25.2. The second-order valence-corrected chi connectivity index (χ2v) is 12.9. The lowest BCUT2D eigenvalue weighted by atomic mass is 9.85. The van der Waals surface area contributed by atoms with Gasteiger partial charge in [-0.2, -0.15) is 0 Å².